The molecule has 0 fully saturated rings. The molecule has 1 atom stereocenters. The van der Waals surface area contributed by atoms with Crippen molar-refractivity contribution < 1.29 is 13.2 Å². The van der Waals surface area contributed by atoms with Gasteiger partial charge in [-0.3, -0.25) is 9.10 Å². The average molecular weight is 333 g/mol. The maximum Gasteiger partial charge on any atom is 0.253 e. The van der Waals surface area contributed by atoms with E-state index < -0.39 is 10.0 Å². The summed E-state index contributed by atoms with van der Waals surface area (Å²) in [4.78, 5) is 12.1. The normalized spacial score (nSPS) is 13.1. The first-order valence-electron chi connectivity index (χ1n) is 6.58. The number of carbonyl (C=O) groups is 1. The molecular formula is C14H21ClN2O3S. The lowest BCUT2D eigenvalue weighted by atomic mass is 10.1. The molecule has 0 aliphatic rings. The van der Waals surface area contributed by atoms with Crippen molar-refractivity contribution >= 4 is 33.2 Å². The second-order valence-electron chi connectivity index (χ2n) is 5.40. The van der Waals surface area contributed by atoms with E-state index in [0.29, 0.717) is 17.2 Å². The predicted octanol–water partition coefficient (Wildman–Crippen LogP) is 2.51. The highest BCUT2D eigenvalue weighted by Crippen LogP contribution is 2.24. The van der Waals surface area contributed by atoms with Crippen molar-refractivity contribution in [3.8, 4) is 0 Å². The molecule has 0 saturated carbocycles. The van der Waals surface area contributed by atoms with E-state index in [9.17, 15) is 13.2 Å². The van der Waals surface area contributed by atoms with Gasteiger partial charge < -0.3 is 5.32 Å². The number of hydrogen-bond acceptors (Lipinski definition) is 3. The SMILES string of the molecule is CC(C)C(C)NC(=O)c1ccc(N(C)S(C)(=O)=O)cc1Cl. The Morgan fingerprint density at radius 1 is 1.29 bits per heavy atom. The van der Waals surface area contributed by atoms with E-state index in [-0.39, 0.29) is 17.0 Å². The molecule has 0 saturated heterocycles. The molecule has 7 heteroatoms. The van der Waals surface area contributed by atoms with Gasteiger partial charge in [0.2, 0.25) is 10.0 Å². The fourth-order valence-electron chi connectivity index (χ4n) is 1.53. The molecular weight excluding hydrogens is 312 g/mol. The van der Waals surface area contributed by atoms with Gasteiger partial charge in [-0.2, -0.15) is 0 Å². The van der Waals surface area contributed by atoms with Crippen molar-refractivity contribution in [3.63, 3.8) is 0 Å². The standard InChI is InChI=1S/C14H21ClN2O3S/c1-9(2)10(3)16-14(18)12-7-6-11(8-13(12)15)17(4)21(5,19)20/h6-10H,1-5H3,(H,16,18). The van der Waals surface area contributed by atoms with Crippen molar-refractivity contribution in [1.29, 1.82) is 0 Å². The van der Waals surface area contributed by atoms with Gasteiger partial charge in [0.05, 0.1) is 22.5 Å². The molecule has 1 aromatic rings. The van der Waals surface area contributed by atoms with E-state index >= 15 is 0 Å². The van der Waals surface area contributed by atoms with Gasteiger partial charge in [0.25, 0.3) is 5.91 Å². The number of anilines is 1. The Labute approximate surface area is 131 Å². The molecule has 0 bridgehead atoms. The summed E-state index contributed by atoms with van der Waals surface area (Å²) in [5.41, 5.74) is 0.741. The number of sulfonamides is 1. The van der Waals surface area contributed by atoms with Crippen LogP contribution in [0.5, 0.6) is 0 Å². The van der Waals surface area contributed by atoms with Crippen LogP contribution in [0.2, 0.25) is 5.02 Å². The monoisotopic (exact) mass is 332 g/mol. The first kappa shape index (κ1) is 17.8. The number of nitrogens with one attached hydrogen (secondary N) is 1. The summed E-state index contributed by atoms with van der Waals surface area (Å²) < 4.78 is 24.1. The topological polar surface area (TPSA) is 66.5 Å². The Bertz CT molecular complexity index is 629. The number of nitrogens with zero attached hydrogens (tertiary/aromatic N) is 1. The highest BCUT2D eigenvalue weighted by Gasteiger charge is 2.18. The molecule has 118 valence electrons. The highest BCUT2D eigenvalue weighted by atomic mass is 35.5. The third kappa shape index (κ3) is 4.61. The van der Waals surface area contributed by atoms with Gasteiger partial charge in [0.15, 0.2) is 0 Å². The van der Waals surface area contributed by atoms with Crippen LogP contribution in [0.3, 0.4) is 0 Å². The quantitative estimate of drug-likeness (QED) is 0.901. The Balaban J connectivity index is 3.01. The summed E-state index contributed by atoms with van der Waals surface area (Å²) in [7, 11) is -1.93. The number of amides is 1. The van der Waals surface area contributed by atoms with Gasteiger partial charge in [-0.05, 0) is 31.0 Å². The molecule has 1 rings (SSSR count). The zero-order valence-electron chi connectivity index (χ0n) is 12.8. The second-order valence-corrected chi connectivity index (χ2v) is 7.82. The minimum absolute atomic E-state index is 0.0203. The largest absolute Gasteiger partial charge is 0.349 e. The molecule has 1 unspecified atom stereocenters. The van der Waals surface area contributed by atoms with E-state index in [0.717, 1.165) is 10.6 Å². The number of benzene rings is 1. The minimum atomic E-state index is -3.36. The Kier molecular flexibility index (Phi) is 5.64. The predicted molar refractivity (Wildman–Crippen MR) is 86.5 cm³/mol. The van der Waals surface area contributed by atoms with E-state index in [1.807, 2.05) is 20.8 Å². The molecule has 0 aliphatic carbocycles. The Morgan fingerprint density at radius 2 is 1.86 bits per heavy atom. The van der Waals surface area contributed by atoms with E-state index in [1.54, 1.807) is 6.07 Å². The summed E-state index contributed by atoms with van der Waals surface area (Å²) in [6.07, 6.45) is 1.10. The maximum absolute atomic E-state index is 12.1. The van der Waals surface area contributed by atoms with Gasteiger partial charge in [-0.25, -0.2) is 8.42 Å². The summed E-state index contributed by atoms with van der Waals surface area (Å²) in [5, 5.41) is 3.08. The smallest absolute Gasteiger partial charge is 0.253 e. The van der Waals surface area contributed by atoms with Gasteiger partial charge in [0, 0.05) is 13.1 Å². The number of carbonyl (C=O) groups excluding carboxylic acids is 1. The lowest BCUT2D eigenvalue weighted by molar-refractivity contribution is 0.0930. The van der Waals surface area contributed by atoms with Crippen LogP contribution in [0.1, 0.15) is 31.1 Å². The lowest BCUT2D eigenvalue weighted by Crippen LogP contribution is -2.36. The second kappa shape index (κ2) is 6.66. The maximum atomic E-state index is 12.1. The molecule has 5 nitrogen and oxygen atoms in total. The minimum Gasteiger partial charge on any atom is -0.349 e. The zero-order valence-corrected chi connectivity index (χ0v) is 14.4. The van der Waals surface area contributed by atoms with Gasteiger partial charge >= 0.3 is 0 Å². The summed E-state index contributed by atoms with van der Waals surface area (Å²) in [6.45, 7) is 5.94. The van der Waals surface area contributed by atoms with Crippen molar-refractivity contribution in [2.45, 2.75) is 26.8 Å². The molecule has 0 aliphatic heterocycles. The van der Waals surface area contributed by atoms with Crippen LogP contribution < -0.4 is 9.62 Å². The first-order valence-corrected chi connectivity index (χ1v) is 8.81. The fourth-order valence-corrected chi connectivity index (χ4v) is 2.28. The average Bonchev–Trinajstić information content (AvgIpc) is 2.36. The number of rotatable bonds is 5. The summed E-state index contributed by atoms with van der Waals surface area (Å²) in [5.74, 6) is 0.0399. The first-order chi connectivity index (χ1) is 9.54. The van der Waals surface area contributed by atoms with Crippen LogP contribution in [-0.2, 0) is 10.0 Å². The molecule has 1 amide bonds. The van der Waals surface area contributed by atoms with E-state index in [1.165, 1.54) is 19.2 Å². The van der Waals surface area contributed by atoms with Crippen LogP contribution in [0, 0.1) is 5.92 Å². The van der Waals surface area contributed by atoms with Crippen molar-refractivity contribution in [2.24, 2.45) is 5.92 Å². The molecule has 1 N–H and O–H groups in total. The summed E-state index contributed by atoms with van der Waals surface area (Å²) >= 11 is 6.10. The number of halogens is 1. The molecule has 0 heterocycles. The lowest BCUT2D eigenvalue weighted by Gasteiger charge is -2.19. The van der Waals surface area contributed by atoms with Crippen LogP contribution in [0.25, 0.3) is 0 Å². The highest BCUT2D eigenvalue weighted by molar-refractivity contribution is 7.92. The Morgan fingerprint density at radius 3 is 2.29 bits per heavy atom. The fraction of sp³-hybridized carbons (Fsp3) is 0.500. The van der Waals surface area contributed by atoms with E-state index in [4.69, 9.17) is 11.6 Å². The molecule has 0 spiro atoms. The third-order valence-electron chi connectivity index (χ3n) is 3.42. The van der Waals surface area contributed by atoms with Gasteiger partial charge in [-0.15, -0.1) is 0 Å². The van der Waals surface area contributed by atoms with Gasteiger partial charge in [0.1, 0.15) is 0 Å². The molecule has 21 heavy (non-hydrogen) atoms. The van der Waals surface area contributed by atoms with Crippen molar-refractivity contribution in [3.05, 3.63) is 28.8 Å². The van der Waals surface area contributed by atoms with Crippen LogP contribution in [0.15, 0.2) is 18.2 Å². The number of hydrogen-bond donors (Lipinski definition) is 1. The third-order valence-corrected chi connectivity index (χ3v) is 4.94. The Hall–Kier alpha value is -1.27. The molecule has 0 aromatic heterocycles. The van der Waals surface area contributed by atoms with Crippen LogP contribution in [-0.4, -0.2) is 33.7 Å². The van der Waals surface area contributed by atoms with E-state index in [2.05, 4.69) is 5.32 Å². The zero-order chi connectivity index (χ0) is 16.4. The molecule has 0 radical (unpaired) electrons. The van der Waals surface area contributed by atoms with Gasteiger partial charge in [-0.1, -0.05) is 25.4 Å². The van der Waals surface area contributed by atoms with Crippen LogP contribution in [0.4, 0.5) is 5.69 Å². The van der Waals surface area contributed by atoms with Crippen LogP contribution >= 0.6 is 11.6 Å². The summed E-state index contributed by atoms with van der Waals surface area (Å²) in [6, 6.07) is 4.58. The van der Waals surface area contributed by atoms with Crippen molar-refractivity contribution in [1.82, 2.24) is 5.32 Å². The van der Waals surface area contributed by atoms with Crippen molar-refractivity contribution in [2.75, 3.05) is 17.6 Å². The molecule has 1 aromatic carbocycles.